The molecule has 0 radical (unpaired) electrons. The highest BCUT2D eigenvalue weighted by atomic mass is 32.2. The lowest BCUT2D eigenvalue weighted by Crippen LogP contribution is -2.34. The molecule has 2 aliphatic heterocycles. The molecule has 2 amide bonds. The van der Waals surface area contributed by atoms with E-state index in [9.17, 15) is 14.4 Å². The third-order valence-electron chi connectivity index (χ3n) is 7.36. The summed E-state index contributed by atoms with van der Waals surface area (Å²) < 4.78 is 28.4. The third kappa shape index (κ3) is 7.75. The van der Waals surface area contributed by atoms with Gasteiger partial charge in [-0.3, -0.25) is 19.0 Å². The molecule has 2 aromatic carbocycles. The van der Waals surface area contributed by atoms with E-state index in [2.05, 4.69) is 10.6 Å². The van der Waals surface area contributed by atoms with E-state index in [1.165, 1.54) is 11.8 Å². The molecule has 13 heteroatoms. The van der Waals surface area contributed by atoms with E-state index in [1.807, 2.05) is 25.1 Å². The highest BCUT2D eigenvalue weighted by molar-refractivity contribution is 8.00. The van der Waals surface area contributed by atoms with E-state index >= 15 is 0 Å². The fourth-order valence-corrected chi connectivity index (χ4v) is 6.01. The predicted molar refractivity (Wildman–Crippen MR) is 164 cm³/mol. The monoisotopic (exact) mass is 626 g/mol. The van der Waals surface area contributed by atoms with Gasteiger partial charge in [-0.1, -0.05) is 31.2 Å². The number of nitrogens with zero attached hydrogens (tertiary/aromatic N) is 2. The summed E-state index contributed by atoms with van der Waals surface area (Å²) in [5.74, 6) is 2.30. The number of hydrogen-bond acceptors (Lipinski definition) is 10. The Labute approximate surface area is 259 Å². The van der Waals surface area contributed by atoms with Gasteiger partial charge >= 0.3 is 0 Å². The summed E-state index contributed by atoms with van der Waals surface area (Å²) in [5.41, 5.74) is 1.23. The zero-order chi connectivity index (χ0) is 30.9. The van der Waals surface area contributed by atoms with Crippen molar-refractivity contribution in [3.05, 3.63) is 46.2 Å². The van der Waals surface area contributed by atoms with Gasteiger partial charge in [0.15, 0.2) is 28.2 Å². The first-order valence-corrected chi connectivity index (χ1v) is 15.8. The van der Waals surface area contributed by atoms with Crippen LogP contribution in [0.25, 0.3) is 10.9 Å². The zero-order valence-electron chi connectivity index (χ0n) is 25.0. The average Bonchev–Trinajstić information content (AvgIpc) is 3.70. The molecule has 2 aliphatic rings. The Morgan fingerprint density at radius 2 is 1.73 bits per heavy atom. The number of nitrogens with one attached hydrogen (secondary N) is 2. The molecule has 0 spiro atoms. The van der Waals surface area contributed by atoms with E-state index in [0.717, 1.165) is 12.0 Å². The van der Waals surface area contributed by atoms with Crippen LogP contribution < -0.4 is 35.1 Å². The van der Waals surface area contributed by atoms with E-state index < -0.39 is 5.25 Å². The molecular formula is C31H38N4O8S. The Morgan fingerprint density at radius 3 is 2.50 bits per heavy atom. The van der Waals surface area contributed by atoms with E-state index in [4.69, 9.17) is 28.7 Å². The maximum Gasteiger partial charge on any atom is 0.262 e. The van der Waals surface area contributed by atoms with Gasteiger partial charge in [0.05, 0.1) is 16.2 Å². The number of fused-ring (bicyclic) bond motifs is 3. The summed E-state index contributed by atoms with van der Waals surface area (Å²) >= 11 is 1.29. The quantitative estimate of drug-likeness (QED) is 0.137. The number of unbranched alkanes of at least 4 members (excludes halogenated alkanes) is 2. The molecule has 0 saturated heterocycles. The summed E-state index contributed by atoms with van der Waals surface area (Å²) in [6.45, 7) is 4.12. The molecule has 2 N–H and O–H groups in total. The van der Waals surface area contributed by atoms with Crippen molar-refractivity contribution in [2.24, 2.45) is 0 Å². The number of ether oxygens (including phenoxy) is 5. The van der Waals surface area contributed by atoms with Crippen LogP contribution in [0, 0.1) is 0 Å². The van der Waals surface area contributed by atoms with Gasteiger partial charge in [0.1, 0.15) is 0 Å². The number of thioether (sulfide) groups is 1. The summed E-state index contributed by atoms with van der Waals surface area (Å²) in [6, 6.07) is 8.99. The van der Waals surface area contributed by atoms with Crippen molar-refractivity contribution < 1.29 is 33.3 Å². The third-order valence-corrected chi connectivity index (χ3v) is 8.72. The van der Waals surface area contributed by atoms with Crippen LogP contribution >= 0.6 is 11.8 Å². The van der Waals surface area contributed by atoms with Crippen LogP contribution in [0.2, 0.25) is 0 Å². The topological polar surface area (TPSA) is 139 Å². The normalized spacial score (nSPS) is 13.7. The van der Waals surface area contributed by atoms with Crippen molar-refractivity contribution in [2.75, 3.05) is 33.8 Å². The highest BCUT2D eigenvalue weighted by Crippen LogP contribution is 2.36. The zero-order valence-corrected chi connectivity index (χ0v) is 25.8. The summed E-state index contributed by atoms with van der Waals surface area (Å²) in [7, 11) is 1.63. The van der Waals surface area contributed by atoms with E-state index in [-0.39, 0.29) is 31.0 Å². The molecule has 0 bridgehead atoms. The molecular weight excluding hydrogens is 588 g/mol. The molecule has 236 valence electrons. The molecule has 3 aromatic rings. The minimum Gasteiger partial charge on any atom is -0.454 e. The van der Waals surface area contributed by atoms with Crippen LogP contribution in [-0.2, 0) is 27.4 Å². The van der Waals surface area contributed by atoms with Crippen molar-refractivity contribution in [1.29, 1.82) is 0 Å². The van der Waals surface area contributed by atoms with E-state index in [1.54, 1.807) is 23.8 Å². The van der Waals surface area contributed by atoms with Crippen LogP contribution in [-0.4, -0.2) is 60.5 Å². The number of carbonyl (C=O) groups is 2. The second-order valence-corrected chi connectivity index (χ2v) is 11.7. The fourth-order valence-electron chi connectivity index (χ4n) is 4.94. The second-order valence-electron chi connectivity index (χ2n) is 10.5. The van der Waals surface area contributed by atoms with Crippen LogP contribution in [0.1, 0.15) is 51.0 Å². The van der Waals surface area contributed by atoms with Crippen molar-refractivity contribution in [3.8, 4) is 23.0 Å². The molecule has 1 aromatic heterocycles. The molecule has 0 unspecified atom stereocenters. The van der Waals surface area contributed by atoms with Crippen molar-refractivity contribution >= 4 is 34.5 Å². The maximum atomic E-state index is 13.7. The number of methoxy groups -OCH3 is 1. The van der Waals surface area contributed by atoms with Gasteiger partial charge in [-0.25, -0.2) is 4.98 Å². The molecule has 0 fully saturated rings. The van der Waals surface area contributed by atoms with E-state index in [0.29, 0.717) is 97.4 Å². The van der Waals surface area contributed by atoms with Crippen LogP contribution in [0.3, 0.4) is 0 Å². The van der Waals surface area contributed by atoms with Crippen molar-refractivity contribution in [2.45, 2.75) is 68.9 Å². The van der Waals surface area contributed by atoms with Gasteiger partial charge in [-0.15, -0.1) is 0 Å². The lowest BCUT2D eigenvalue weighted by atomic mass is 10.1. The first-order chi connectivity index (χ1) is 21.5. The standard InChI is InChI=1S/C31H38N4O8S/c1-3-27(29(37)32-11-7-13-39-2)44-31-34-22-16-26-25(42-19-43-26)15-21(22)30(38)35(31)12-6-4-5-8-28(36)33-17-20-9-10-23-24(14-20)41-18-40-23/h9-10,14-16,27H,3-8,11-13,17-19H2,1-2H3,(H,32,37)(H,33,36)/t27-/m1/s1. The maximum absolute atomic E-state index is 13.7. The van der Waals surface area contributed by atoms with Crippen molar-refractivity contribution in [3.63, 3.8) is 0 Å². The predicted octanol–water partition coefficient (Wildman–Crippen LogP) is 3.75. The SMILES string of the molecule is CC[C@@H](Sc1nc2cc3c(cc2c(=O)n1CCCCCC(=O)NCc1ccc2c(c1)OCO2)OCO3)C(=O)NCCCOC. The molecule has 44 heavy (non-hydrogen) atoms. The first-order valence-electron chi connectivity index (χ1n) is 14.9. The van der Waals surface area contributed by atoms with Gasteiger partial charge in [0.2, 0.25) is 25.4 Å². The van der Waals surface area contributed by atoms with Crippen molar-refractivity contribution in [1.82, 2.24) is 20.2 Å². The van der Waals surface area contributed by atoms with Gasteiger partial charge < -0.3 is 34.3 Å². The average molecular weight is 627 g/mol. The number of carbonyl (C=O) groups excluding carboxylic acids is 2. The smallest absolute Gasteiger partial charge is 0.262 e. The lowest BCUT2D eigenvalue weighted by Gasteiger charge is -2.18. The molecule has 1 atom stereocenters. The Kier molecular flexibility index (Phi) is 10.8. The Bertz CT molecular complexity index is 1550. The Hall–Kier alpha value is -3.97. The number of hydrogen-bond donors (Lipinski definition) is 2. The summed E-state index contributed by atoms with van der Waals surface area (Å²) in [6.07, 6.45) is 3.74. The molecule has 12 nitrogen and oxygen atoms in total. The van der Waals surface area contributed by atoms with Crippen LogP contribution in [0.15, 0.2) is 40.3 Å². The molecule has 3 heterocycles. The number of benzene rings is 2. The Balaban J connectivity index is 1.20. The summed E-state index contributed by atoms with van der Waals surface area (Å²) in [5, 5.41) is 6.38. The van der Waals surface area contributed by atoms with Gasteiger partial charge in [-0.05, 0) is 49.4 Å². The molecule has 0 aliphatic carbocycles. The number of rotatable bonds is 16. The van der Waals surface area contributed by atoms with Gasteiger partial charge in [-0.2, -0.15) is 0 Å². The highest BCUT2D eigenvalue weighted by Gasteiger charge is 2.24. The lowest BCUT2D eigenvalue weighted by molar-refractivity contribution is -0.121. The largest absolute Gasteiger partial charge is 0.454 e. The van der Waals surface area contributed by atoms with Gasteiger partial charge in [0.25, 0.3) is 5.56 Å². The molecule has 0 saturated carbocycles. The number of amides is 2. The van der Waals surface area contributed by atoms with Gasteiger partial charge in [0, 0.05) is 45.8 Å². The second kappa shape index (κ2) is 15.2. The Morgan fingerprint density at radius 1 is 0.977 bits per heavy atom. The fraction of sp³-hybridized carbons (Fsp3) is 0.484. The van der Waals surface area contributed by atoms with Crippen LogP contribution in [0.5, 0.6) is 23.0 Å². The minimum atomic E-state index is -0.421. The first kappa shape index (κ1) is 31.5. The summed E-state index contributed by atoms with van der Waals surface area (Å²) in [4.78, 5) is 43.9. The minimum absolute atomic E-state index is 0.0400. The molecule has 5 rings (SSSR count). The number of aromatic nitrogens is 2. The van der Waals surface area contributed by atoms with Crippen LogP contribution in [0.4, 0.5) is 0 Å².